The minimum Gasteiger partial charge on any atom is -0.307 e. The van der Waals surface area contributed by atoms with Gasteiger partial charge in [-0.05, 0) is 49.2 Å². The third-order valence-corrected chi connectivity index (χ3v) is 5.41. The maximum atomic E-state index is 13.1. The van der Waals surface area contributed by atoms with Crippen LogP contribution in [0.15, 0.2) is 48.5 Å². The second-order valence-corrected chi connectivity index (χ2v) is 8.10. The number of anilines is 2. The largest absolute Gasteiger partial charge is 0.307 e. The van der Waals surface area contributed by atoms with Gasteiger partial charge in [-0.2, -0.15) is 0 Å². The number of nitrogens with zero attached hydrogens (tertiary/aromatic N) is 2. The molecule has 5 nitrogen and oxygen atoms in total. The highest BCUT2D eigenvalue weighted by Crippen LogP contribution is 2.32. The molecule has 3 rings (SSSR count). The van der Waals surface area contributed by atoms with Gasteiger partial charge in [0.05, 0.1) is 11.9 Å². The Morgan fingerprint density at radius 1 is 1.20 bits per heavy atom. The van der Waals surface area contributed by atoms with Crippen molar-refractivity contribution in [1.82, 2.24) is 0 Å². The van der Waals surface area contributed by atoms with Crippen molar-refractivity contribution in [2.75, 3.05) is 22.0 Å². The van der Waals surface area contributed by atoms with E-state index in [2.05, 4.69) is 0 Å². The van der Waals surface area contributed by atoms with E-state index in [0.717, 1.165) is 28.2 Å². The Hall–Kier alpha value is -2.41. The second kappa shape index (κ2) is 6.48. The van der Waals surface area contributed by atoms with Gasteiger partial charge >= 0.3 is 0 Å². The molecule has 0 saturated carbocycles. The van der Waals surface area contributed by atoms with E-state index in [1.807, 2.05) is 31.2 Å². The lowest BCUT2D eigenvalue weighted by Gasteiger charge is -2.27. The molecule has 0 radical (unpaired) electrons. The van der Waals surface area contributed by atoms with Crippen LogP contribution in [0.1, 0.15) is 12.5 Å². The average Bonchev–Trinajstić information content (AvgIpc) is 2.88. The first kappa shape index (κ1) is 17.4. The van der Waals surface area contributed by atoms with Crippen LogP contribution in [0.4, 0.5) is 15.8 Å². The number of halogens is 1. The summed E-state index contributed by atoms with van der Waals surface area (Å²) in [5, 5.41) is 0. The first-order valence-corrected chi connectivity index (χ1v) is 9.75. The van der Waals surface area contributed by atoms with Gasteiger partial charge in [-0.3, -0.25) is 9.10 Å². The average molecular weight is 362 g/mol. The summed E-state index contributed by atoms with van der Waals surface area (Å²) in [5.41, 5.74) is 2.14. The molecule has 0 aromatic heterocycles. The van der Waals surface area contributed by atoms with Crippen molar-refractivity contribution in [2.24, 2.45) is 0 Å². The first-order valence-electron chi connectivity index (χ1n) is 7.90. The third-order valence-electron chi connectivity index (χ3n) is 4.27. The summed E-state index contributed by atoms with van der Waals surface area (Å²) >= 11 is 0. The van der Waals surface area contributed by atoms with Gasteiger partial charge in [-0.15, -0.1) is 0 Å². The van der Waals surface area contributed by atoms with E-state index in [-0.39, 0.29) is 24.2 Å². The van der Waals surface area contributed by atoms with Crippen molar-refractivity contribution in [3.8, 4) is 0 Å². The first-order chi connectivity index (χ1) is 11.8. The van der Waals surface area contributed by atoms with Gasteiger partial charge in [0.25, 0.3) is 0 Å². The molecule has 0 spiro atoms. The van der Waals surface area contributed by atoms with Crippen molar-refractivity contribution in [1.29, 1.82) is 0 Å². The van der Waals surface area contributed by atoms with Crippen LogP contribution in [0, 0.1) is 5.82 Å². The Kier molecular flexibility index (Phi) is 4.51. The number of rotatable bonds is 4. The lowest BCUT2D eigenvalue weighted by molar-refractivity contribution is -0.117. The Morgan fingerprint density at radius 2 is 1.84 bits per heavy atom. The smallest absolute Gasteiger partial charge is 0.248 e. The molecular formula is C18H19FN2O3S. The van der Waals surface area contributed by atoms with E-state index < -0.39 is 15.8 Å². The molecular weight excluding hydrogens is 343 g/mol. The second-order valence-electron chi connectivity index (χ2n) is 6.19. The zero-order valence-corrected chi connectivity index (χ0v) is 14.8. The fourth-order valence-corrected chi connectivity index (χ4v) is 4.00. The quantitative estimate of drug-likeness (QED) is 0.840. The third kappa shape index (κ3) is 3.51. The van der Waals surface area contributed by atoms with Gasteiger partial charge in [0, 0.05) is 11.7 Å². The van der Waals surface area contributed by atoms with Crippen LogP contribution in [0.25, 0.3) is 0 Å². The molecule has 1 heterocycles. The molecule has 0 N–H and O–H groups in total. The molecule has 0 bridgehead atoms. The molecule has 2 aromatic rings. The van der Waals surface area contributed by atoms with Crippen LogP contribution in [-0.2, 0) is 21.2 Å². The molecule has 1 aliphatic heterocycles. The molecule has 0 fully saturated rings. The highest BCUT2D eigenvalue weighted by Gasteiger charge is 2.33. The number of hydrogen-bond acceptors (Lipinski definition) is 3. The molecule has 0 aliphatic carbocycles. The van der Waals surface area contributed by atoms with Gasteiger partial charge in [0.15, 0.2) is 0 Å². The summed E-state index contributed by atoms with van der Waals surface area (Å²) in [6, 6.07) is 12.6. The molecule has 7 heteroatoms. The molecule has 1 aliphatic rings. The van der Waals surface area contributed by atoms with E-state index in [4.69, 9.17) is 0 Å². The summed E-state index contributed by atoms with van der Waals surface area (Å²) < 4.78 is 38.4. The number of amides is 1. The van der Waals surface area contributed by atoms with Crippen LogP contribution in [0.2, 0.25) is 0 Å². The zero-order chi connectivity index (χ0) is 18.2. The van der Waals surface area contributed by atoms with Crippen molar-refractivity contribution < 1.29 is 17.6 Å². The summed E-state index contributed by atoms with van der Waals surface area (Å²) in [4.78, 5) is 14.5. The van der Waals surface area contributed by atoms with Crippen molar-refractivity contribution >= 4 is 27.3 Å². The van der Waals surface area contributed by atoms with E-state index in [1.54, 1.807) is 4.90 Å². The maximum absolute atomic E-state index is 13.1. The van der Waals surface area contributed by atoms with Crippen LogP contribution in [0.5, 0.6) is 0 Å². The standard InChI is InChI=1S/C18H19FN2O3S/c1-13-11-14-5-3-4-6-17(14)21(13)18(22)12-20(25(2,23)24)16-9-7-15(19)8-10-16/h3-10,13H,11-12H2,1-2H3/t13-/m0/s1. The molecule has 0 unspecified atom stereocenters. The molecule has 132 valence electrons. The summed E-state index contributed by atoms with van der Waals surface area (Å²) in [7, 11) is -3.69. The van der Waals surface area contributed by atoms with E-state index in [9.17, 15) is 17.6 Å². The lowest BCUT2D eigenvalue weighted by Crippen LogP contribution is -2.45. The van der Waals surface area contributed by atoms with Crippen molar-refractivity contribution in [2.45, 2.75) is 19.4 Å². The monoisotopic (exact) mass is 362 g/mol. The van der Waals surface area contributed by atoms with Gasteiger partial charge < -0.3 is 4.90 Å². The van der Waals surface area contributed by atoms with E-state index in [1.165, 1.54) is 24.3 Å². The highest BCUT2D eigenvalue weighted by molar-refractivity contribution is 7.92. The maximum Gasteiger partial charge on any atom is 0.248 e. The highest BCUT2D eigenvalue weighted by atomic mass is 32.2. The number of carbonyl (C=O) groups is 1. The molecule has 2 aromatic carbocycles. The van der Waals surface area contributed by atoms with Gasteiger partial charge in [-0.1, -0.05) is 18.2 Å². The number of fused-ring (bicyclic) bond motifs is 1. The predicted octanol–water partition coefficient (Wildman–Crippen LogP) is 2.57. The number of sulfonamides is 1. The van der Waals surface area contributed by atoms with Crippen LogP contribution >= 0.6 is 0 Å². The minimum absolute atomic E-state index is 0.0421. The van der Waals surface area contributed by atoms with E-state index in [0.29, 0.717) is 0 Å². The lowest BCUT2D eigenvalue weighted by atomic mass is 10.1. The van der Waals surface area contributed by atoms with Crippen molar-refractivity contribution in [3.05, 3.63) is 59.9 Å². The summed E-state index contributed by atoms with van der Waals surface area (Å²) in [5.74, 6) is -0.780. The van der Waals surface area contributed by atoms with Gasteiger partial charge in [0.2, 0.25) is 15.9 Å². The Balaban J connectivity index is 1.90. The topological polar surface area (TPSA) is 57.7 Å². The fourth-order valence-electron chi connectivity index (χ4n) is 3.15. The fraction of sp³-hybridized carbons (Fsp3) is 0.278. The van der Waals surface area contributed by atoms with Crippen LogP contribution in [-0.4, -0.2) is 33.2 Å². The van der Waals surface area contributed by atoms with Crippen molar-refractivity contribution in [3.63, 3.8) is 0 Å². The molecule has 0 saturated heterocycles. The summed E-state index contributed by atoms with van der Waals surface area (Å²) in [6.45, 7) is 1.60. The summed E-state index contributed by atoms with van der Waals surface area (Å²) in [6.07, 6.45) is 1.77. The number of carbonyl (C=O) groups excluding carboxylic acids is 1. The Bertz CT molecular complexity index is 897. The van der Waals surface area contributed by atoms with Crippen LogP contribution in [0.3, 0.4) is 0 Å². The number of para-hydroxylation sites is 1. The zero-order valence-electron chi connectivity index (χ0n) is 14.0. The Labute approximate surface area is 146 Å². The Morgan fingerprint density at radius 3 is 2.48 bits per heavy atom. The molecule has 25 heavy (non-hydrogen) atoms. The molecule has 1 atom stereocenters. The SMILES string of the molecule is C[C@H]1Cc2ccccc2N1C(=O)CN(c1ccc(F)cc1)S(C)(=O)=O. The number of hydrogen-bond donors (Lipinski definition) is 0. The number of benzene rings is 2. The van der Waals surface area contributed by atoms with E-state index >= 15 is 0 Å². The minimum atomic E-state index is -3.69. The normalized spacial score (nSPS) is 16.6. The van der Waals surface area contributed by atoms with Crippen LogP contribution < -0.4 is 9.21 Å². The van der Waals surface area contributed by atoms with Gasteiger partial charge in [0.1, 0.15) is 12.4 Å². The predicted molar refractivity (Wildman–Crippen MR) is 95.7 cm³/mol. The molecule has 1 amide bonds. The van der Waals surface area contributed by atoms with Gasteiger partial charge in [-0.25, -0.2) is 12.8 Å².